The van der Waals surface area contributed by atoms with Crippen LogP contribution in [0.2, 0.25) is 0 Å². The number of aryl methyl sites for hydroxylation is 1. The van der Waals surface area contributed by atoms with Crippen LogP contribution in [0, 0.1) is 0 Å². The Hall–Kier alpha value is -1.55. The standard InChI is InChI=1S/C15H24O.C2H4O3/c1-2-3-4-5-6-7-8-11-14-12-9-10-13-15(14)16;3-1-2(4)5/h9-10,12-13,16H,2-8,11H2,1H3;3H,1H2,(H,4,5). The van der Waals surface area contributed by atoms with Crippen LogP contribution in [-0.2, 0) is 11.2 Å². The van der Waals surface area contributed by atoms with Gasteiger partial charge >= 0.3 is 5.97 Å². The van der Waals surface area contributed by atoms with E-state index < -0.39 is 12.6 Å². The van der Waals surface area contributed by atoms with Crippen LogP contribution in [0.1, 0.15) is 57.4 Å². The van der Waals surface area contributed by atoms with Crippen molar-refractivity contribution >= 4 is 5.97 Å². The minimum atomic E-state index is -1.19. The Morgan fingerprint density at radius 2 is 1.52 bits per heavy atom. The molecule has 0 spiro atoms. The minimum Gasteiger partial charge on any atom is -0.508 e. The Kier molecular flexibility index (Phi) is 12.4. The van der Waals surface area contributed by atoms with Gasteiger partial charge in [-0.1, -0.05) is 63.6 Å². The third-order valence-electron chi connectivity index (χ3n) is 3.18. The number of aliphatic hydroxyl groups excluding tert-OH is 1. The number of aliphatic hydroxyl groups is 1. The molecule has 0 unspecified atom stereocenters. The molecule has 4 nitrogen and oxygen atoms in total. The van der Waals surface area contributed by atoms with Gasteiger partial charge in [-0.3, -0.25) is 0 Å². The van der Waals surface area contributed by atoms with E-state index in [0.717, 1.165) is 12.0 Å². The predicted octanol–water partition coefficient (Wildman–Crippen LogP) is 3.75. The number of benzene rings is 1. The number of para-hydroxylation sites is 1. The van der Waals surface area contributed by atoms with Crippen molar-refractivity contribution in [2.75, 3.05) is 6.61 Å². The van der Waals surface area contributed by atoms with Crippen molar-refractivity contribution in [2.45, 2.75) is 58.3 Å². The van der Waals surface area contributed by atoms with Crippen LogP contribution in [0.15, 0.2) is 24.3 Å². The Morgan fingerprint density at radius 1 is 1.00 bits per heavy atom. The highest BCUT2D eigenvalue weighted by Crippen LogP contribution is 2.18. The molecule has 0 bridgehead atoms. The number of phenols is 1. The summed E-state index contributed by atoms with van der Waals surface area (Å²) >= 11 is 0. The van der Waals surface area contributed by atoms with E-state index in [2.05, 4.69) is 6.92 Å². The lowest BCUT2D eigenvalue weighted by Gasteiger charge is -2.04. The number of aliphatic carboxylic acids is 1. The van der Waals surface area contributed by atoms with Gasteiger partial charge in [0.15, 0.2) is 0 Å². The topological polar surface area (TPSA) is 77.8 Å². The van der Waals surface area contributed by atoms with Crippen LogP contribution in [0.3, 0.4) is 0 Å². The number of aromatic hydroxyl groups is 1. The highest BCUT2D eigenvalue weighted by atomic mass is 16.4. The van der Waals surface area contributed by atoms with E-state index in [1.165, 1.54) is 44.9 Å². The summed E-state index contributed by atoms with van der Waals surface area (Å²) in [5.74, 6) is -0.738. The lowest BCUT2D eigenvalue weighted by molar-refractivity contribution is -0.140. The van der Waals surface area contributed by atoms with Gasteiger partial charge in [0.1, 0.15) is 12.4 Å². The zero-order chi connectivity index (χ0) is 15.9. The van der Waals surface area contributed by atoms with E-state index >= 15 is 0 Å². The molecule has 120 valence electrons. The molecule has 1 rings (SSSR count). The molecule has 0 aliphatic rings. The largest absolute Gasteiger partial charge is 0.508 e. The van der Waals surface area contributed by atoms with Crippen molar-refractivity contribution in [3.8, 4) is 5.75 Å². The highest BCUT2D eigenvalue weighted by molar-refractivity contribution is 5.67. The molecule has 1 aromatic rings. The van der Waals surface area contributed by atoms with Crippen LogP contribution in [0.4, 0.5) is 0 Å². The number of carbonyl (C=O) groups is 1. The summed E-state index contributed by atoms with van der Waals surface area (Å²) in [5.41, 5.74) is 1.09. The molecule has 0 amide bonds. The SMILES string of the molecule is CCCCCCCCCc1ccccc1O.O=C(O)CO. The average molecular weight is 296 g/mol. The van der Waals surface area contributed by atoms with E-state index in [9.17, 15) is 5.11 Å². The zero-order valence-electron chi connectivity index (χ0n) is 12.9. The van der Waals surface area contributed by atoms with Gasteiger partial charge in [0.2, 0.25) is 0 Å². The van der Waals surface area contributed by atoms with Gasteiger partial charge in [0.05, 0.1) is 0 Å². The zero-order valence-corrected chi connectivity index (χ0v) is 12.9. The van der Waals surface area contributed by atoms with E-state index in [1.807, 2.05) is 18.2 Å². The second-order valence-corrected chi connectivity index (χ2v) is 5.05. The molecule has 0 heterocycles. The number of hydrogen-bond acceptors (Lipinski definition) is 3. The van der Waals surface area contributed by atoms with Gasteiger partial charge in [-0.25, -0.2) is 4.79 Å². The second-order valence-electron chi connectivity index (χ2n) is 5.05. The molecule has 0 fully saturated rings. The summed E-state index contributed by atoms with van der Waals surface area (Å²) in [5, 5.41) is 24.6. The van der Waals surface area contributed by atoms with Crippen LogP contribution in [-0.4, -0.2) is 27.9 Å². The van der Waals surface area contributed by atoms with E-state index in [4.69, 9.17) is 15.0 Å². The number of carboxylic acid groups (broad SMARTS) is 1. The molecule has 0 aliphatic heterocycles. The maximum absolute atomic E-state index is 9.58. The summed E-state index contributed by atoms with van der Waals surface area (Å²) in [7, 11) is 0. The van der Waals surface area contributed by atoms with Crippen molar-refractivity contribution < 1.29 is 20.1 Å². The Morgan fingerprint density at radius 3 is 2.05 bits per heavy atom. The fraction of sp³-hybridized carbons (Fsp3) is 0.588. The number of phenolic OH excluding ortho intramolecular Hbond substituents is 1. The quantitative estimate of drug-likeness (QED) is 0.606. The Labute approximate surface area is 127 Å². The normalized spacial score (nSPS) is 9.81. The molecule has 0 radical (unpaired) electrons. The van der Waals surface area contributed by atoms with Crippen LogP contribution in [0.5, 0.6) is 5.75 Å². The summed E-state index contributed by atoms with van der Waals surface area (Å²) in [6.07, 6.45) is 10.3. The fourth-order valence-corrected chi connectivity index (χ4v) is 1.99. The van der Waals surface area contributed by atoms with Gasteiger partial charge in [-0.05, 0) is 24.5 Å². The lowest BCUT2D eigenvalue weighted by Crippen LogP contribution is -1.98. The molecule has 0 saturated carbocycles. The Bertz CT molecular complexity index is 377. The first-order valence-electron chi connectivity index (χ1n) is 7.71. The molecular weight excluding hydrogens is 268 g/mol. The van der Waals surface area contributed by atoms with Crippen molar-refractivity contribution in [1.29, 1.82) is 0 Å². The monoisotopic (exact) mass is 296 g/mol. The highest BCUT2D eigenvalue weighted by Gasteiger charge is 1.98. The summed E-state index contributed by atoms with van der Waals surface area (Å²) in [6.45, 7) is 1.47. The number of rotatable bonds is 9. The van der Waals surface area contributed by atoms with Crippen molar-refractivity contribution in [2.24, 2.45) is 0 Å². The third-order valence-corrected chi connectivity index (χ3v) is 3.18. The maximum Gasteiger partial charge on any atom is 0.329 e. The van der Waals surface area contributed by atoms with Gasteiger partial charge in [-0.2, -0.15) is 0 Å². The average Bonchev–Trinajstić information content (AvgIpc) is 2.48. The molecule has 0 aromatic heterocycles. The van der Waals surface area contributed by atoms with Crippen molar-refractivity contribution in [1.82, 2.24) is 0 Å². The van der Waals surface area contributed by atoms with Crippen LogP contribution < -0.4 is 0 Å². The smallest absolute Gasteiger partial charge is 0.329 e. The first-order valence-corrected chi connectivity index (χ1v) is 7.71. The molecule has 0 saturated heterocycles. The van der Waals surface area contributed by atoms with Crippen LogP contribution >= 0.6 is 0 Å². The number of unbranched alkanes of at least 4 members (excludes halogenated alkanes) is 6. The third kappa shape index (κ3) is 11.9. The first-order chi connectivity index (χ1) is 10.1. The number of hydrogen-bond donors (Lipinski definition) is 3. The fourth-order valence-electron chi connectivity index (χ4n) is 1.99. The molecule has 1 aromatic carbocycles. The van der Waals surface area contributed by atoms with Crippen molar-refractivity contribution in [3.05, 3.63) is 29.8 Å². The molecule has 4 heteroatoms. The number of carboxylic acids is 1. The maximum atomic E-state index is 9.58. The molecule has 0 aliphatic carbocycles. The minimum absolute atomic E-state index is 0.452. The van der Waals surface area contributed by atoms with Gasteiger partial charge in [0, 0.05) is 0 Å². The Balaban J connectivity index is 0.000000690. The van der Waals surface area contributed by atoms with Gasteiger partial charge < -0.3 is 15.3 Å². The second kappa shape index (κ2) is 13.4. The van der Waals surface area contributed by atoms with E-state index in [0.29, 0.717) is 5.75 Å². The first kappa shape index (κ1) is 19.4. The predicted molar refractivity (Wildman–Crippen MR) is 84.5 cm³/mol. The van der Waals surface area contributed by atoms with Crippen LogP contribution in [0.25, 0.3) is 0 Å². The van der Waals surface area contributed by atoms with Crippen molar-refractivity contribution in [3.63, 3.8) is 0 Å². The molecular formula is C17H28O4. The van der Waals surface area contributed by atoms with E-state index in [1.54, 1.807) is 6.07 Å². The van der Waals surface area contributed by atoms with E-state index in [-0.39, 0.29) is 0 Å². The molecule has 0 atom stereocenters. The lowest BCUT2D eigenvalue weighted by atomic mass is 10.0. The van der Waals surface area contributed by atoms with Gasteiger partial charge in [-0.15, -0.1) is 0 Å². The summed E-state index contributed by atoms with van der Waals surface area (Å²) in [4.78, 5) is 9.12. The molecule has 21 heavy (non-hydrogen) atoms. The summed E-state index contributed by atoms with van der Waals surface area (Å²) < 4.78 is 0. The van der Waals surface area contributed by atoms with Gasteiger partial charge in [0.25, 0.3) is 0 Å². The molecule has 3 N–H and O–H groups in total. The summed E-state index contributed by atoms with van der Waals surface area (Å²) in [6, 6.07) is 7.67.